The minimum atomic E-state index is -0.183. The molecular formula is C12H16FN2+. The second kappa shape index (κ2) is 4.03. The molecule has 0 saturated carbocycles. The van der Waals surface area contributed by atoms with E-state index in [4.69, 9.17) is 0 Å². The quantitative estimate of drug-likeness (QED) is 0.749. The molecular weight excluding hydrogens is 191 g/mol. The van der Waals surface area contributed by atoms with Gasteiger partial charge in [-0.05, 0) is 6.07 Å². The van der Waals surface area contributed by atoms with Gasteiger partial charge in [0.05, 0.1) is 20.6 Å². The third-order valence-electron chi connectivity index (χ3n) is 2.64. The number of aromatic nitrogens is 1. The number of nitrogens with one attached hydrogen (secondary N) is 2. The van der Waals surface area contributed by atoms with Crippen LogP contribution in [-0.2, 0) is 6.42 Å². The van der Waals surface area contributed by atoms with Crippen molar-refractivity contribution in [3.05, 3.63) is 35.8 Å². The van der Waals surface area contributed by atoms with Gasteiger partial charge in [-0.15, -0.1) is 0 Å². The number of fused-ring (bicyclic) bond motifs is 1. The Morgan fingerprint density at radius 2 is 2.00 bits per heavy atom. The molecule has 0 bridgehead atoms. The van der Waals surface area contributed by atoms with E-state index in [0.29, 0.717) is 0 Å². The molecule has 0 atom stereocenters. The number of hydrogen-bond acceptors (Lipinski definition) is 0. The molecule has 0 unspecified atom stereocenters. The molecule has 0 amide bonds. The van der Waals surface area contributed by atoms with E-state index < -0.39 is 0 Å². The Bertz CT molecular complexity index is 460. The Labute approximate surface area is 88.7 Å². The van der Waals surface area contributed by atoms with Gasteiger partial charge >= 0.3 is 0 Å². The smallest absolute Gasteiger partial charge is 0.195 e. The number of aromatic amines is 1. The minimum absolute atomic E-state index is 0.183. The number of likely N-dealkylation sites (N-methyl/N-ethyl adjacent to an activating group) is 1. The average molecular weight is 207 g/mol. The minimum Gasteiger partial charge on any atom is -0.340 e. The van der Waals surface area contributed by atoms with Crippen molar-refractivity contribution in [2.45, 2.75) is 6.42 Å². The molecule has 2 aromatic rings. The van der Waals surface area contributed by atoms with Crippen LogP contribution in [0.3, 0.4) is 0 Å². The first-order valence-electron chi connectivity index (χ1n) is 5.22. The third kappa shape index (κ3) is 2.02. The molecule has 0 aliphatic carbocycles. The predicted octanol–water partition coefficient (Wildman–Crippen LogP) is 0.994. The Kier molecular flexibility index (Phi) is 2.73. The molecule has 1 heterocycles. The Morgan fingerprint density at radius 3 is 2.73 bits per heavy atom. The molecule has 2 rings (SSSR count). The maximum atomic E-state index is 13.6. The van der Waals surface area contributed by atoms with Crippen molar-refractivity contribution in [3.63, 3.8) is 0 Å². The highest BCUT2D eigenvalue weighted by Gasteiger charge is 2.11. The Morgan fingerprint density at radius 1 is 1.27 bits per heavy atom. The van der Waals surface area contributed by atoms with E-state index in [9.17, 15) is 4.39 Å². The van der Waals surface area contributed by atoms with Crippen molar-refractivity contribution in [1.29, 1.82) is 0 Å². The molecule has 3 heteroatoms. The molecule has 0 spiro atoms. The molecule has 2 nitrogen and oxygen atoms in total. The zero-order valence-electron chi connectivity index (χ0n) is 9.10. The summed E-state index contributed by atoms with van der Waals surface area (Å²) in [7, 11) is 4.15. The molecule has 0 radical (unpaired) electrons. The van der Waals surface area contributed by atoms with Gasteiger partial charge < -0.3 is 9.88 Å². The van der Waals surface area contributed by atoms with Crippen LogP contribution in [0.1, 0.15) is 5.56 Å². The number of rotatable bonds is 3. The van der Waals surface area contributed by atoms with E-state index in [2.05, 4.69) is 19.1 Å². The molecule has 15 heavy (non-hydrogen) atoms. The first-order valence-corrected chi connectivity index (χ1v) is 5.22. The van der Waals surface area contributed by atoms with Gasteiger partial charge in [0.25, 0.3) is 0 Å². The van der Waals surface area contributed by atoms with Gasteiger partial charge in [-0.3, -0.25) is 0 Å². The maximum Gasteiger partial charge on any atom is 0.195 e. The average Bonchev–Trinajstić information content (AvgIpc) is 2.50. The van der Waals surface area contributed by atoms with Crippen molar-refractivity contribution < 1.29 is 9.29 Å². The van der Waals surface area contributed by atoms with Gasteiger partial charge in [-0.25, -0.2) is 0 Å². The number of benzene rings is 1. The highest BCUT2D eigenvalue weighted by Crippen LogP contribution is 2.20. The van der Waals surface area contributed by atoms with Crippen LogP contribution in [0.25, 0.3) is 10.9 Å². The van der Waals surface area contributed by atoms with E-state index in [-0.39, 0.29) is 5.95 Å². The monoisotopic (exact) mass is 207 g/mol. The van der Waals surface area contributed by atoms with Gasteiger partial charge in [0.1, 0.15) is 0 Å². The van der Waals surface area contributed by atoms with Crippen molar-refractivity contribution in [3.8, 4) is 0 Å². The Balaban J connectivity index is 2.36. The second-order valence-corrected chi connectivity index (χ2v) is 4.17. The lowest BCUT2D eigenvalue weighted by Crippen LogP contribution is -3.06. The van der Waals surface area contributed by atoms with E-state index in [0.717, 1.165) is 29.4 Å². The highest BCUT2D eigenvalue weighted by atomic mass is 19.1. The fourth-order valence-electron chi connectivity index (χ4n) is 1.79. The lowest BCUT2D eigenvalue weighted by molar-refractivity contribution is -0.858. The summed E-state index contributed by atoms with van der Waals surface area (Å²) in [6.45, 7) is 0.943. The molecule has 0 fully saturated rings. The lowest BCUT2D eigenvalue weighted by Gasteiger charge is -2.05. The normalized spacial score (nSPS) is 11.5. The summed E-state index contributed by atoms with van der Waals surface area (Å²) in [6.07, 6.45) is 0.776. The first kappa shape index (κ1) is 10.2. The van der Waals surface area contributed by atoms with E-state index in [1.165, 1.54) is 4.90 Å². The van der Waals surface area contributed by atoms with E-state index >= 15 is 0 Å². The molecule has 1 aromatic heterocycles. The molecule has 0 aliphatic heterocycles. The lowest BCUT2D eigenvalue weighted by atomic mass is 10.1. The fourth-order valence-corrected chi connectivity index (χ4v) is 1.79. The van der Waals surface area contributed by atoms with Crippen molar-refractivity contribution in [2.24, 2.45) is 0 Å². The van der Waals surface area contributed by atoms with Gasteiger partial charge in [-0.2, -0.15) is 4.39 Å². The third-order valence-corrected chi connectivity index (χ3v) is 2.64. The van der Waals surface area contributed by atoms with Gasteiger partial charge in [0, 0.05) is 22.9 Å². The number of hydrogen-bond donors (Lipinski definition) is 2. The zero-order valence-corrected chi connectivity index (χ0v) is 9.10. The highest BCUT2D eigenvalue weighted by molar-refractivity contribution is 5.83. The second-order valence-electron chi connectivity index (χ2n) is 4.17. The SMILES string of the molecule is C[NH+](C)CCc1c(F)[nH]c2ccccc12. The van der Waals surface area contributed by atoms with Crippen molar-refractivity contribution >= 4 is 10.9 Å². The maximum absolute atomic E-state index is 13.6. The number of para-hydroxylation sites is 1. The van der Waals surface area contributed by atoms with Crippen LogP contribution in [0.4, 0.5) is 4.39 Å². The topological polar surface area (TPSA) is 20.2 Å². The largest absolute Gasteiger partial charge is 0.340 e. The van der Waals surface area contributed by atoms with Crippen LogP contribution in [0.15, 0.2) is 24.3 Å². The molecule has 0 saturated heterocycles. The van der Waals surface area contributed by atoms with Gasteiger partial charge in [0.15, 0.2) is 5.95 Å². The Hall–Kier alpha value is -1.35. The summed E-state index contributed by atoms with van der Waals surface area (Å²) >= 11 is 0. The van der Waals surface area contributed by atoms with Crippen LogP contribution in [0.2, 0.25) is 0 Å². The van der Waals surface area contributed by atoms with Crippen molar-refractivity contribution in [1.82, 2.24) is 4.98 Å². The van der Waals surface area contributed by atoms with E-state index in [1.807, 2.05) is 24.3 Å². The van der Waals surface area contributed by atoms with Gasteiger partial charge in [0.2, 0.25) is 0 Å². The molecule has 2 N–H and O–H groups in total. The van der Waals surface area contributed by atoms with Crippen LogP contribution in [0, 0.1) is 5.95 Å². The zero-order chi connectivity index (χ0) is 10.8. The summed E-state index contributed by atoms with van der Waals surface area (Å²) in [5.41, 5.74) is 1.70. The van der Waals surface area contributed by atoms with Crippen LogP contribution >= 0.6 is 0 Å². The number of quaternary nitrogens is 1. The summed E-state index contributed by atoms with van der Waals surface area (Å²) in [5, 5.41) is 1.01. The van der Waals surface area contributed by atoms with Crippen LogP contribution < -0.4 is 4.90 Å². The van der Waals surface area contributed by atoms with Crippen LogP contribution in [0.5, 0.6) is 0 Å². The van der Waals surface area contributed by atoms with Crippen LogP contribution in [-0.4, -0.2) is 25.6 Å². The summed E-state index contributed by atoms with van der Waals surface area (Å²) in [4.78, 5) is 4.11. The summed E-state index contributed by atoms with van der Waals surface area (Å²) in [5.74, 6) is -0.183. The summed E-state index contributed by atoms with van der Waals surface area (Å²) in [6, 6.07) is 7.74. The fraction of sp³-hybridized carbons (Fsp3) is 0.333. The first-order chi connectivity index (χ1) is 7.18. The predicted molar refractivity (Wildman–Crippen MR) is 59.6 cm³/mol. The number of H-pyrrole nitrogens is 1. The molecule has 80 valence electrons. The van der Waals surface area contributed by atoms with Crippen molar-refractivity contribution in [2.75, 3.05) is 20.6 Å². The number of halogens is 1. The molecule has 0 aliphatic rings. The summed E-state index contributed by atoms with van der Waals surface area (Å²) < 4.78 is 13.6. The molecule has 1 aromatic carbocycles. The van der Waals surface area contributed by atoms with E-state index in [1.54, 1.807) is 0 Å². The van der Waals surface area contributed by atoms with Gasteiger partial charge in [-0.1, -0.05) is 18.2 Å². The standard InChI is InChI=1S/C12H15FN2/c1-15(2)8-7-10-9-5-3-4-6-11(9)14-12(10)13/h3-6,14H,7-8H2,1-2H3/p+1.